The second-order valence-electron chi connectivity index (χ2n) is 8.85. The molecule has 176 valence electrons. The first-order chi connectivity index (χ1) is 17.0. The van der Waals surface area contributed by atoms with Gasteiger partial charge in [-0.05, 0) is 61.4 Å². The van der Waals surface area contributed by atoms with Crippen LogP contribution in [-0.4, -0.2) is 31.6 Å². The maximum absolute atomic E-state index is 13.9. The highest BCUT2D eigenvalue weighted by Crippen LogP contribution is 2.26. The average Bonchev–Trinajstić information content (AvgIpc) is 3.53. The van der Waals surface area contributed by atoms with Crippen molar-refractivity contribution in [2.45, 2.75) is 32.9 Å². The van der Waals surface area contributed by atoms with E-state index in [1.165, 1.54) is 12.1 Å². The molecule has 1 amide bonds. The lowest BCUT2D eigenvalue weighted by molar-refractivity contribution is 0.101. The molecule has 8 heteroatoms. The monoisotopic (exact) mass is 469 g/mol. The van der Waals surface area contributed by atoms with E-state index in [4.69, 9.17) is 9.72 Å². The molecule has 0 spiro atoms. The maximum atomic E-state index is 13.9. The number of carbonyl (C=O) groups excluding carboxylic acids is 1. The second kappa shape index (κ2) is 8.54. The number of halogens is 1. The molecule has 4 heterocycles. The van der Waals surface area contributed by atoms with E-state index in [-0.39, 0.29) is 11.7 Å². The number of nitrogens with zero attached hydrogens (tertiary/aromatic N) is 4. The van der Waals surface area contributed by atoms with Gasteiger partial charge in [-0.15, -0.1) is 0 Å². The van der Waals surface area contributed by atoms with Gasteiger partial charge < -0.3 is 19.2 Å². The van der Waals surface area contributed by atoms with E-state index in [1.54, 1.807) is 18.3 Å². The Bertz CT molecular complexity index is 1570. The number of benzene rings is 2. The van der Waals surface area contributed by atoms with Crippen LogP contribution in [0.1, 0.15) is 28.3 Å². The molecule has 3 aromatic heterocycles. The average molecular weight is 470 g/mol. The van der Waals surface area contributed by atoms with Gasteiger partial charge in [0, 0.05) is 41.8 Å². The van der Waals surface area contributed by atoms with Gasteiger partial charge in [-0.2, -0.15) is 0 Å². The molecule has 2 aromatic carbocycles. The number of pyridine rings is 1. The zero-order valence-corrected chi connectivity index (χ0v) is 19.3. The molecule has 0 radical (unpaired) electrons. The maximum Gasteiger partial charge on any atom is 0.272 e. The van der Waals surface area contributed by atoms with Crippen LogP contribution in [0.5, 0.6) is 5.88 Å². The van der Waals surface area contributed by atoms with E-state index < -0.39 is 0 Å². The standard InChI is InChI=1S/C27H24FN5O2/c1-17-4-9-26(29-16-17)35-12-11-32-22-7-5-19(28)13-18(22)14-24(32)27(34)30-20-6-8-23-21(15-20)31-25-3-2-10-33(23)25/h4-9,13-16H,2-3,10-12H2,1H3,(H,30,34). The number of amides is 1. The van der Waals surface area contributed by atoms with E-state index in [9.17, 15) is 9.18 Å². The second-order valence-corrected chi connectivity index (χ2v) is 8.85. The highest BCUT2D eigenvalue weighted by molar-refractivity contribution is 6.07. The van der Waals surface area contributed by atoms with Crippen LogP contribution in [-0.2, 0) is 19.5 Å². The van der Waals surface area contributed by atoms with Gasteiger partial charge in [-0.1, -0.05) is 6.07 Å². The number of nitrogens with one attached hydrogen (secondary N) is 1. The third-order valence-corrected chi connectivity index (χ3v) is 6.41. The first kappa shape index (κ1) is 21.3. The number of fused-ring (bicyclic) bond motifs is 4. The van der Waals surface area contributed by atoms with Crippen LogP contribution in [0, 0.1) is 12.7 Å². The third-order valence-electron chi connectivity index (χ3n) is 6.41. The molecule has 7 nitrogen and oxygen atoms in total. The van der Waals surface area contributed by atoms with Gasteiger partial charge in [-0.3, -0.25) is 4.79 Å². The predicted molar refractivity (Wildman–Crippen MR) is 132 cm³/mol. The number of aryl methyl sites for hydroxylation is 3. The van der Waals surface area contributed by atoms with Crippen molar-refractivity contribution in [1.29, 1.82) is 0 Å². The van der Waals surface area contributed by atoms with Crippen molar-refractivity contribution in [1.82, 2.24) is 19.1 Å². The van der Waals surface area contributed by atoms with Crippen LogP contribution in [0.3, 0.4) is 0 Å². The predicted octanol–water partition coefficient (Wildman–Crippen LogP) is 5.11. The minimum absolute atomic E-state index is 0.277. The largest absolute Gasteiger partial charge is 0.476 e. The van der Waals surface area contributed by atoms with E-state index in [0.717, 1.165) is 47.3 Å². The summed E-state index contributed by atoms with van der Waals surface area (Å²) in [5.74, 6) is 0.985. The minimum atomic E-state index is -0.347. The summed E-state index contributed by atoms with van der Waals surface area (Å²) in [4.78, 5) is 22.3. The molecule has 0 saturated carbocycles. The Balaban J connectivity index is 1.27. The van der Waals surface area contributed by atoms with Crippen molar-refractivity contribution >= 4 is 33.5 Å². The molecule has 0 atom stereocenters. The summed E-state index contributed by atoms with van der Waals surface area (Å²) in [7, 11) is 0. The van der Waals surface area contributed by atoms with Crippen molar-refractivity contribution in [2.75, 3.05) is 11.9 Å². The Hall–Kier alpha value is -4.20. The number of anilines is 1. The summed E-state index contributed by atoms with van der Waals surface area (Å²) in [6.45, 7) is 3.66. The first-order valence-corrected chi connectivity index (χ1v) is 11.7. The fourth-order valence-electron chi connectivity index (χ4n) is 4.74. The van der Waals surface area contributed by atoms with E-state index in [1.807, 2.05) is 41.8 Å². The number of imidazole rings is 1. The van der Waals surface area contributed by atoms with Gasteiger partial charge in [0.1, 0.15) is 23.9 Å². The van der Waals surface area contributed by atoms with Crippen molar-refractivity contribution in [3.05, 3.63) is 83.7 Å². The van der Waals surface area contributed by atoms with E-state index in [2.05, 4.69) is 14.9 Å². The third kappa shape index (κ3) is 4.01. The van der Waals surface area contributed by atoms with Gasteiger partial charge in [0.15, 0.2) is 0 Å². The number of hydrogen-bond acceptors (Lipinski definition) is 4. The topological polar surface area (TPSA) is 74.0 Å². The highest BCUT2D eigenvalue weighted by atomic mass is 19.1. The van der Waals surface area contributed by atoms with E-state index in [0.29, 0.717) is 35.8 Å². The Kier molecular flexibility index (Phi) is 5.21. The van der Waals surface area contributed by atoms with Gasteiger partial charge in [0.05, 0.1) is 17.6 Å². The van der Waals surface area contributed by atoms with Crippen LogP contribution in [0.4, 0.5) is 10.1 Å². The van der Waals surface area contributed by atoms with Crippen molar-refractivity contribution in [3.63, 3.8) is 0 Å². The van der Waals surface area contributed by atoms with Gasteiger partial charge in [0.2, 0.25) is 5.88 Å². The van der Waals surface area contributed by atoms with Crippen LogP contribution in [0.25, 0.3) is 21.9 Å². The molecular formula is C27H24FN5O2. The Morgan fingerprint density at radius 1 is 1.11 bits per heavy atom. The number of hydrogen-bond donors (Lipinski definition) is 1. The molecule has 1 aliphatic heterocycles. The molecule has 0 fully saturated rings. The van der Waals surface area contributed by atoms with Crippen molar-refractivity contribution < 1.29 is 13.9 Å². The molecule has 0 aliphatic carbocycles. The number of rotatable bonds is 6. The minimum Gasteiger partial charge on any atom is -0.476 e. The highest BCUT2D eigenvalue weighted by Gasteiger charge is 2.19. The van der Waals surface area contributed by atoms with Crippen molar-refractivity contribution in [2.24, 2.45) is 0 Å². The van der Waals surface area contributed by atoms with Crippen LogP contribution in [0.2, 0.25) is 0 Å². The van der Waals surface area contributed by atoms with Crippen LogP contribution < -0.4 is 10.1 Å². The zero-order valence-electron chi connectivity index (χ0n) is 19.3. The summed E-state index contributed by atoms with van der Waals surface area (Å²) in [5, 5.41) is 3.65. The smallest absolute Gasteiger partial charge is 0.272 e. The lowest BCUT2D eigenvalue weighted by atomic mass is 10.2. The molecule has 0 unspecified atom stereocenters. The lowest BCUT2D eigenvalue weighted by Crippen LogP contribution is -2.19. The molecule has 6 rings (SSSR count). The Labute approximate surface area is 201 Å². The van der Waals surface area contributed by atoms with Gasteiger partial charge in [-0.25, -0.2) is 14.4 Å². The fraction of sp³-hybridized carbons (Fsp3) is 0.222. The van der Waals surface area contributed by atoms with Crippen LogP contribution in [0.15, 0.2) is 60.8 Å². The van der Waals surface area contributed by atoms with Gasteiger partial charge in [0.25, 0.3) is 5.91 Å². The zero-order chi connectivity index (χ0) is 23.9. The van der Waals surface area contributed by atoms with E-state index >= 15 is 0 Å². The molecule has 35 heavy (non-hydrogen) atoms. The molecular weight excluding hydrogens is 445 g/mol. The quantitative estimate of drug-likeness (QED) is 0.375. The summed E-state index contributed by atoms with van der Waals surface area (Å²) in [6, 6.07) is 15.8. The summed E-state index contributed by atoms with van der Waals surface area (Å²) in [6.07, 6.45) is 3.84. The summed E-state index contributed by atoms with van der Waals surface area (Å²) < 4.78 is 23.8. The summed E-state index contributed by atoms with van der Waals surface area (Å²) in [5.41, 5.74) is 4.87. The number of aromatic nitrogens is 4. The first-order valence-electron chi connectivity index (χ1n) is 11.7. The SMILES string of the molecule is Cc1ccc(OCCn2c(C(=O)Nc3ccc4c(c3)nc3n4CCC3)cc3cc(F)ccc32)nc1. The van der Waals surface area contributed by atoms with Gasteiger partial charge >= 0.3 is 0 Å². The molecule has 0 bridgehead atoms. The normalized spacial score (nSPS) is 12.9. The Morgan fingerprint density at radius 3 is 2.86 bits per heavy atom. The number of ether oxygens (including phenoxy) is 1. The molecule has 5 aromatic rings. The Morgan fingerprint density at radius 2 is 2.00 bits per heavy atom. The fourth-order valence-corrected chi connectivity index (χ4v) is 4.74. The molecule has 1 N–H and O–H groups in total. The molecule has 1 aliphatic rings. The van der Waals surface area contributed by atoms with Crippen LogP contribution >= 0.6 is 0 Å². The van der Waals surface area contributed by atoms with Crippen molar-refractivity contribution in [3.8, 4) is 5.88 Å². The lowest BCUT2D eigenvalue weighted by Gasteiger charge is -2.12. The molecule has 0 saturated heterocycles. The number of carbonyl (C=O) groups is 1. The summed E-state index contributed by atoms with van der Waals surface area (Å²) >= 11 is 0.